The van der Waals surface area contributed by atoms with Gasteiger partial charge in [-0.2, -0.15) is 0 Å². The van der Waals surface area contributed by atoms with E-state index in [1.54, 1.807) is 24.6 Å². The maximum absolute atomic E-state index is 11.8. The molecule has 1 heterocycles. The Balaban J connectivity index is 0.00000312. The molecule has 0 spiro atoms. The second kappa shape index (κ2) is 12.5. The number of hydrogen-bond donors (Lipinski definition) is 2. The molecule has 0 bridgehead atoms. The van der Waals surface area contributed by atoms with E-state index in [-0.39, 0.29) is 36.4 Å². The largest absolute Gasteiger partial charge is 0.381 e. The van der Waals surface area contributed by atoms with Crippen molar-refractivity contribution < 1.29 is 9.53 Å². The van der Waals surface area contributed by atoms with Crippen molar-refractivity contribution in [3.63, 3.8) is 0 Å². The van der Waals surface area contributed by atoms with Crippen LogP contribution in [0.15, 0.2) is 16.6 Å². The zero-order valence-electron chi connectivity index (χ0n) is 15.6. The lowest BCUT2D eigenvalue weighted by Crippen LogP contribution is -2.41. The van der Waals surface area contributed by atoms with Gasteiger partial charge in [0.1, 0.15) is 6.54 Å². The molecule has 2 rings (SSSR count). The Hall–Kier alpha value is -0.830. The van der Waals surface area contributed by atoms with Crippen molar-refractivity contribution >= 4 is 35.8 Å². The number of rotatable bonds is 7. The molecule has 2 aliphatic rings. The Morgan fingerprint density at radius 3 is 2.84 bits per heavy atom. The minimum atomic E-state index is 0. The molecule has 0 aromatic heterocycles. The minimum absolute atomic E-state index is 0. The second-order valence-corrected chi connectivity index (χ2v) is 6.85. The summed E-state index contributed by atoms with van der Waals surface area (Å²) in [6.07, 6.45) is 9.58. The first-order valence-corrected chi connectivity index (χ1v) is 9.13. The molecule has 2 N–H and O–H groups in total. The van der Waals surface area contributed by atoms with Crippen LogP contribution in [-0.2, 0) is 9.53 Å². The summed E-state index contributed by atoms with van der Waals surface area (Å²) in [5.74, 6) is 1.27. The average molecular weight is 464 g/mol. The fraction of sp³-hybridized carbons (Fsp3) is 0.778. The lowest BCUT2D eigenvalue weighted by atomic mass is 9.97. The van der Waals surface area contributed by atoms with E-state index in [0.717, 1.165) is 45.1 Å². The molecule has 1 aliphatic heterocycles. The molecule has 1 fully saturated rings. The standard InChI is InChI=1S/C18H32N4O2.HI/c1-22(2)17(23)13-21-18(20-12-16-9-11-24-14-16)19-10-8-15-6-4-3-5-7-15;/h6,16H,3-5,7-14H2,1-2H3,(H2,19,20,21);1H. The number of hydrogen-bond acceptors (Lipinski definition) is 3. The summed E-state index contributed by atoms with van der Waals surface area (Å²) in [6, 6.07) is 0. The van der Waals surface area contributed by atoms with Gasteiger partial charge in [-0.15, -0.1) is 24.0 Å². The Bertz CT molecular complexity index is 460. The number of allylic oxidation sites excluding steroid dienone is 1. The molecule has 1 amide bonds. The lowest BCUT2D eigenvalue weighted by Gasteiger charge is -2.17. The zero-order valence-corrected chi connectivity index (χ0v) is 17.9. The maximum atomic E-state index is 11.8. The van der Waals surface area contributed by atoms with E-state index in [9.17, 15) is 4.79 Å². The number of nitrogens with one attached hydrogen (secondary N) is 2. The summed E-state index contributed by atoms with van der Waals surface area (Å²) < 4.78 is 5.41. The molecule has 25 heavy (non-hydrogen) atoms. The molecule has 0 radical (unpaired) electrons. The van der Waals surface area contributed by atoms with E-state index in [2.05, 4.69) is 21.7 Å². The fourth-order valence-corrected chi connectivity index (χ4v) is 2.92. The van der Waals surface area contributed by atoms with Crippen LogP contribution in [0.2, 0.25) is 0 Å². The van der Waals surface area contributed by atoms with Gasteiger partial charge in [-0.3, -0.25) is 4.79 Å². The molecule has 0 saturated carbocycles. The predicted molar refractivity (Wildman–Crippen MR) is 113 cm³/mol. The van der Waals surface area contributed by atoms with Crippen LogP contribution in [0.25, 0.3) is 0 Å². The van der Waals surface area contributed by atoms with Gasteiger partial charge in [-0.1, -0.05) is 11.6 Å². The number of carbonyl (C=O) groups is 1. The Kier molecular flexibility index (Phi) is 11.1. The first kappa shape index (κ1) is 22.2. The second-order valence-electron chi connectivity index (χ2n) is 6.85. The van der Waals surface area contributed by atoms with Gasteiger partial charge >= 0.3 is 0 Å². The molecule has 1 unspecified atom stereocenters. The molecule has 144 valence electrons. The first-order valence-electron chi connectivity index (χ1n) is 9.13. The fourth-order valence-electron chi connectivity index (χ4n) is 2.92. The van der Waals surface area contributed by atoms with Gasteiger partial charge in [0.05, 0.1) is 6.61 Å². The first-order chi connectivity index (χ1) is 11.6. The smallest absolute Gasteiger partial charge is 0.243 e. The predicted octanol–water partition coefficient (Wildman–Crippen LogP) is 2.15. The van der Waals surface area contributed by atoms with Gasteiger partial charge in [-0.25, -0.2) is 4.99 Å². The van der Waals surface area contributed by atoms with Gasteiger partial charge in [0.15, 0.2) is 5.96 Å². The van der Waals surface area contributed by atoms with Crippen LogP contribution in [0, 0.1) is 5.92 Å². The molecular weight excluding hydrogens is 431 g/mol. The molecular formula is C18H33IN4O2. The maximum Gasteiger partial charge on any atom is 0.243 e. The highest BCUT2D eigenvalue weighted by atomic mass is 127. The van der Waals surface area contributed by atoms with Gasteiger partial charge in [0, 0.05) is 39.7 Å². The number of guanidine groups is 1. The number of halogens is 1. The summed E-state index contributed by atoms with van der Waals surface area (Å²) in [4.78, 5) is 17.8. The summed E-state index contributed by atoms with van der Waals surface area (Å²) >= 11 is 0. The van der Waals surface area contributed by atoms with E-state index >= 15 is 0 Å². The highest BCUT2D eigenvalue weighted by Gasteiger charge is 2.16. The lowest BCUT2D eigenvalue weighted by molar-refractivity contribution is -0.127. The monoisotopic (exact) mass is 464 g/mol. The van der Waals surface area contributed by atoms with Crippen molar-refractivity contribution in [3.05, 3.63) is 11.6 Å². The molecule has 0 aromatic carbocycles. The Labute approximate surface area is 168 Å². The highest BCUT2D eigenvalue weighted by molar-refractivity contribution is 14.0. The van der Waals surface area contributed by atoms with Crippen LogP contribution >= 0.6 is 24.0 Å². The van der Waals surface area contributed by atoms with Crippen LogP contribution in [0.1, 0.15) is 38.5 Å². The number of carbonyl (C=O) groups excluding carboxylic acids is 1. The van der Waals surface area contributed by atoms with Crippen LogP contribution < -0.4 is 10.6 Å². The normalized spacial score (nSPS) is 20.5. The summed E-state index contributed by atoms with van der Waals surface area (Å²) in [5.41, 5.74) is 1.54. The minimum Gasteiger partial charge on any atom is -0.381 e. The zero-order chi connectivity index (χ0) is 17.2. The molecule has 0 aromatic rings. The summed E-state index contributed by atoms with van der Waals surface area (Å²) in [5, 5.41) is 6.73. The van der Waals surface area contributed by atoms with Crippen molar-refractivity contribution in [1.82, 2.24) is 15.5 Å². The molecule has 6 nitrogen and oxygen atoms in total. The van der Waals surface area contributed by atoms with Gasteiger partial charge in [0.2, 0.25) is 5.91 Å². The molecule has 7 heteroatoms. The van der Waals surface area contributed by atoms with E-state index < -0.39 is 0 Å². The average Bonchev–Trinajstić information content (AvgIpc) is 3.10. The third-order valence-corrected chi connectivity index (χ3v) is 4.58. The van der Waals surface area contributed by atoms with Crippen LogP contribution in [0.4, 0.5) is 0 Å². The van der Waals surface area contributed by atoms with E-state index in [1.165, 1.54) is 25.7 Å². The molecule has 1 saturated heterocycles. The van der Waals surface area contributed by atoms with Crippen LogP contribution in [0.3, 0.4) is 0 Å². The number of amides is 1. The van der Waals surface area contributed by atoms with E-state index in [0.29, 0.717) is 5.92 Å². The third-order valence-electron chi connectivity index (χ3n) is 4.58. The van der Waals surface area contributed by atoms with Crippen molar-refractivity contribution in [2.75, 3.05) is 46.9 Å². The number of likely N-dealkylation sites (N-methyl/N-ethyl adjacent to an activating group) is 1. The van der Waals surface area contributed by atoms with Crippen molar-refractivity contribution in [3.8, 4) is 0 Å². The van der Waals surface area contributed by atoms with Crippen molar-refractivity contribution in [2.24, 2.45) is 10.9 Å². The molecule has 1 atom stereocenters. The summed E-state index contributed by atoms with van der Waals surface area (Å²) in [7, 11) is 3.51. The van der Waals surface area contributed by atoms with Gasteiger partial charge in [0.25, 0.3) is 0 Å². The van der Waals surface area contributed by atoms with Crippen molar-refractivity contribution in [1.29, 1.82) is 0 Å². The number of ether oxygens (including phenoxy) is 1. The SMILES string of the molecule is CN(C)C(=O)CN=C(NCCC1=CCCCC1)NCC1CCOC1.I. The Morgan fingerprint density at radius 2 is 2.20 bits per heavy atom. The van der Waals surface area contributed by atoms with Gasteiger partial charge in [-0.05, 0) is 38.5 Å². The van der Waals surface area contributed by atoms with Gasteiger partial charge < -0.3 is 20.3 Å². The van der Waals surface area contributed by atoms with E-state index in [1.807, 2.05) is 0 Å². The van der Waals surface area contributed by atoms with Crippen molar-refractivity contribution in [2.45, 2.75) is 38.5 Å². The third kappa shape index (κ3) is 8.89. The molecule has 1 aliphatic carbocycles. The highest BCUT2D eigenvalue weighted by Crippen LogP contribution is 2.19. The quantitative estimate of drug-likeness (QED) is 0.262. The number of aliphatic imine (C=N–C) groups is 1. The topological polar surface area (TPSA) is 66.0 Å². The van der Waals surface area contributed by atoms with Crippen LogP contribution in [-0.4, -0.2) is 63.7 Å². The Morgan fingerprint density at radius 1 is 1.36 bits per heavy atom. The summed E-state index contributed by atoms with van der Waals surface area (Å²) in [6.45, 7) is 3.52. The van der Waals surface area contributed by atoms with E-state index in [4.69, 9.17) is 4.74 Å². The van der Waals surface area contributed by atoms with Crippen LogP contribution in [0.5, 0.6) is 0 Å². The number of nitrogens with zero attached hydrogens (tertiary/aromatic N) is 2.